The van der Waals surface area contributed by atoms with E-state index in [0.29, 0.717) is 29.9 Å². The van der Waals surface area contributed by atoms with Gasteiger partial charge in [0, 0.05) is 28.7 Å². The van der Waals surface area contributed by atoms with Gasteiger partial charge in [-0.1, -0.05) is 12.1 Å². The van der Waals surface area contributed by atoms with Crippen LogP contribution in [-0.4, -0.2) is 52.5 Å². The van der Waals surface area contributed by atoms with E-state index >= 15 is 0 Å². The zero-order valence-electron chi connectivity index (χ0n) is 21.8. The maximum Gasteiger partial charge on any atom is 0.252 e. The number of nitrogens with zero attached hydrogens (tertiary/aromatic N) is 1. The van der Waals surface area contributed by atoms with Crippen LogP contribution < -0.4 is 20.5 Å². The van der Waals surface area contributed by atoms with Gasteiger partial charge >= 0.3 is 0 Å². The number of hydrogen-bond donors (Lipinski definition) is 3. The number of fused-ring (bicyclic) bond motifs is 3. The monoisotopic (exact) mass is 493 g/mol. The molecule has 0 aromatic heterocycles. The van der Waals surface area contributed by atoms with E-state index in [1.54, 1.807) is 26.0 Å². The molecule has 192 valence electrons. The van der Waals surface area contributed by atoms with Gasteiger partial charge in [0.1, 0.15) is 17.7 Å². The van der Waals surface area contributed by atoms with Crippen LogP contribution in [0.25, 0.3) is 0 Å². The van der Waals surface area contributed by atoms with Gasteiger partial charge in [0.05, 0.1) is 17.9 Å². The Morgan fingerprint density at radius 3 is 2.58 bits per heavy atom. The summed E-state index contributed by atoms with van der Waals surface area (Å²) in [6, 6.07) is 9.23. The zero-order valence-corrected chi connectivity index (χ0v) is 21.8. The summed E-state index contributed by atoms with van der Waals surface area (Å²) in [4.78, 5) is 29.8. The lowest BCUT2D eigenvalue weighted by atomic mass is 9.80. The maximum absolute atomic E-state index is 13.0. The van der Waals surface area contributed by atoms with Crippen LogP contribution in [-0.2, 0) is 17.6 Å². The first-order valence-corrected chi connectivity index (χ1v) is 12.2. The second-order valence-corrected chi connectivity index (χ2v) is 11.3. The number of rotatable bonds is 7. The molecule has 36 heavy (non-hydrogen) atoms. The van der Waals surface area contributed by atoms with Crippen molar-refractivity contribution in [1.82, 2.24) is 5.32 Å². The number of carbonyl (C=O) groups is 2. The summed E-state index contributed by atoms with van der Waals surface area (Å²) in [7, 11) is 0. The third kappa shape index (κ3) is 4.95. The van der Waals surface area contributed by atoms with Crippen molar-refractivity contribution in [3.8, 4) is 11.5 Å². The molecule has 2 aliphatic heterocycles. The molecule has 0 radical (unpaired) electrons. The highest BCUT2D eigenvalue weighted by atomic mass is 16.5. The molecule has 0 atom stereocenters. The zero-order chi connectivity index (χ0) is 26.5. The van der Waals surface area contributed by atoms with Gasteiger partial charge in [-0.2, -0.15) is 0 Å². The fraction of sp³-hybridized carbons (Fsp3) is 0.464. The van der Waals surface area contributed by atoms with Gasteiger partial charge in [-0.3, -0.25) is 14.6 Å². The van der Waals surface area contributed by atoms with Crippen LogP contribution in [0, 0.1) is 0 Å². The molecule has 4 rings (SSSR count). The van der Waals surface area contributed by atoms with Gasteiger partial charge < -0.3 is 25.6 Å². The molecule has 8 heteroatoms. The number of aliphatic hydroxyl groups excluding tert-OH is 1. The standard InChI is InChI=1S/C28H35N3O5/c1-26(2)14-18-13-20(35-11-10-32)23-19(15-27(3,4)36-23)21(18)22(30-26)16-8-7-9-17(12-16)24(33)31-28(5,6)25(29)34/h7-9,12-13,32H,10-11,14-15H2,1-6H3,(H2,29,34)(H,31,33). The molecular weight excluding hydrogens is 458 g/mol. The van der Waals surface area contributed by atoms with E-state index < -0.39 is 17.0 Å². The molecule has 2 aliphatic rings. The van der Waals surface area contributed by atoms with Crippen LogP contribution in [0.3, 0.4) is 0 Å². The van der Waals surface area contributed by atoms with Crippen molar-refractivity contribution in [2.24, 2.45) is 10.7 Å². The van der Waals surface area contributed by atoms with E-state index in [4.69, 9.17) is 20.2 Å². The van der Waals surface area contributed by atoms with E-state index in [9.17, 15) is 14.7 Å². The Kier molecular flexibility index (Phi) is 6.37. The summed E-state index contributed by atoms with van der Waals surface area (Å²) in [5, 5.41) is 12.0. The minimum atomic E-state index is -1.18. The predicted molar refractivity (Wildman–Crippen MR) is 138 cm³/mol. The van der Waals surface area contributed by atoms with Gasteiger partial charge in [0.25, 0.3) is 5.91 Å². The Morgan fingerprint density at radius 1 is 1.19 bits per heavy atom. The maximum atomic E-state index is 13.0. The Labute approximate surface area is 211 Å². The van der Waals surface area contributed by atoms with Crippen molar-refractivity contribution in [2.75, 3.05) is 13.2 Å². The fourth-order valence-electron chi connectivity index (χ4n) is 4.77. The average Bonchev–Trinajstić information content (AvgIpc) is 3.10. The molecule has 8 nitrogen and oxygen atoms in total. The van der Waals surface area contributed by atoms with Gasteiger partial charge in [-0.05, 0) is 71.7 Å². The molecule has 0 fully saturated rings. The number of aliphatic imine (C=N–C) groups is 1. The first-order chi connectivity index (χ1) is 16.7. The Balaban J connectivity index is 1.83. The highest BCUT2D eigenvalue weighted by Crippen LogP contribution is 2.48. The van der Waals surface area contributed by atoms with Crippen molar-refractivity contribution in [2.45, 2.75) is 71.1 Å². The largest absolute Gasteiger partial charge is 0.487 e. The van der Waals surface area contributed by atoms with Gasteiger partial charge in [0.15, 0.2) is 11.5 Å². The molecule has 0 bridgehead atoms. The van der Waals surface area contributed by atoms with Crippen LogP contribution in [0.15, 0.2) is 35.3 Å². The number of nitrogens with two attached hydrogens (primary N) is 1. The summed E-state index contributed by atoms with van der Waals surface area (Å²) in [5.41, 5.74) is 8.54. The third-order valence-electron chi connectivity index (χ3n) is 6.47. The van der Waals surface area contributed by atoms with E-state index in [1.807, 2.05) is 32.0 Å². The number of primary amides is 1. The average molecular weight is 494 g/mol. The minimum Gasteiger partial charge on any atom is -0.487 e. The van der Waals surface area contributed by atoms with E-state index in [-0.39, 0.29) is 24.7 Å². The van der Waals surface area contributed by atoms with Crippen molar-refractivity contribution in [3.63, 3.8) is 0 Å². The van der Waals surface area contributed by atoms with E-state index in [2.05, 4.69) is 19.2 Å². The molecule has 2 amide bonds. The summed E-state index contributed by atoms with van der Waals surface area (Å²) in [6.07, 6.45) is 1.38. The first kappa shape index (κ1) is 25.7. The predicted octanol–water partition coefficient (Wildman–Crippen LogP) is 2.94. The second kappa shape index (κ2) is 8.92. The summed E-state index contributed by atoms with van der Waals surface area (Å²) in [5.74, 6) is 0.301. The number of nitrogens with one attached hydrogen (secondary N) is 1. The molecular formula is C28H35N3O5. The summed E-state index contributed by atoms with van der Waals surface area (Å²) >= 11 is 0. The molecule has 0 unspecified atom stereocenters. The third-order valence-corrected chi connectivity index (χ3v) is 6.47. The lowest BCUT2D eigenvalue weighted by Crippen LogP contribution is -2.53. The van der Waals surface area contributed by atoms with Crippen LogP contribution in [0.1, 0.15) is 74.2 Å². The number of ether oxygens (including phenoxy) is 2. The highest BCUT2D eigenvalue weighted by molar-refractivity contribution is 6.17. The van der Waals surface area contributed by atoms with E-state index in [1.165, 1.54) is 0 Å². The quantitative estimate of drug-likeness (QED) is 0.547. The van der Waals surface area contributed by atoms with Gasteiger partial charge in [-0.15, -0.1) is 0 Å². The van der Waals surface area contributed by atoms with Crippen molar-refractivity contribution < 1.29 is 24.2 Å². The highest BCUT2D eigenvalue weighted by Gasteiger charge is 2.40. The smallest absolute Gasteiger partial charge is 0.252 e. The molecule has 0 saturated carbocycles. The molecule has 2 heterocycles. The van der Waals surface area contributed by atoms with Crippen LogP contribution in [0.5, 0.6) is 11.5 Å². The van der Waals surface area contributed by atoms with Gasteiger partial charge in [-0.25, -0.2) is 0 Å². The Morgan fingerprint density at radius 2 is 1.92 bits per heavy atom. The first-order valence-electron chi connectivity index (χ1n) is 12.2. The van der Waals surface area contributed by atoms with Crippen LogP contribution >= 0.6 is 0 Å². The molecule has 0 spiro atoms. The SMILES string of the molecule is CC1(C)Cc2cc(OCCO)c3c(c2C(c2cccc(C(=O)NC(C)(C)C(N)=O)c2)=N1)CC(C)(C)O3. The number of carbonyl (C=O) groups excluding carboxylic acids is 2. The van der Waals surface area contributed by atoms with Crippen molar-refractivity contribution in [3.05, 3.63) is 58.1 Å². The Hall–Kier alpha value is -3.39. The molecule has 0 aliphatic carbocycles. The van der Waals surface area contributed by atoms with Crippen molar-refractivity contribution in [1.29, 1.82) is 0 Å². The van der Waals surface area contributed by atoms with Crippen LogP contribution in [0.4, 0.5) is 0 Å². The second-order valence-electron chi connectivity index (χ2n) is 11.3. The lowest BCUT2D eigenvalue weighted by Gasteiger charge is -2.31. The van der Waals surface area contributed by atoms with Crippen LogP contribution in [0.2, 0.25) is 0 Å². The van der Waals surface area contributed by atoms with Gasteiger partial charge in [0.2, 0.25) is 5.91 Å². The number of aliphatic hydroxyl groups is 1. The fourth-order valence-corrected chi connectivity index (χ4v) is 4.77. The Bertz CT molecular complexity index is 1260. The normalized spacial score (nSPS) is 17.4. The summed E-state index contributed by atoms with van der Waals surface area (Å²) < 4.78 is 12.2. The van der Waals surface area contributed by atoms with Crippen molar-refractivity contribution >= 4 is 17.5 Å². The molecule has 2 aromatic carbocycles. The summed E-state index contributed by atoms with van der Waals surface area (Å²) in [6.45, 7) is 11.4. The lowest BCUT2D eigenvalue weighted by molar-refractivity contribution is -0.122. The molecule has 2 aromatic rings. The topological polar surface area (TPSA) is 123 Å². The number of hydrogen-bond acceptors (Lipinski definition) is 6. The number of benzene rings is 2. The molecule has 4 N–H and O–H groups in total. The minimum absolute atomic E-state index is 0.0884. The molecule has 0 saturated heterocycles. The number of amides is 2. The van der Waals surface area contributed by atoms with E-state index in [0.717, 1.165) is 28.0 Å².